The molecule has 2 fully saturated rings. The molecule has 176 valence electrons. The quantitative estimate of drug-likeness (QED) is 0.362. The van der Waals surface area contributed by atoms with Crippen LogP contribution in [0.15, 0.2) is 34.9 Å². The van der Waals surface area contributed by atoms with E-state index in [1.54, 1.807) is 12.1 Å². The highest BCUT2D eigenvalue weighted by atomic mass is 32.2. The summed E-state index contributed by atoms with van der Waals surface area (Å²) in [6, 6.07) is 5.07. The number of amides is 2. The number of benzene rings is 1. The minimum absolute atomic E-state index is 0.0298. The van der Waals surface area contributed by atoms with Crippen LogP contribution in [0.4, 0.5) is 5.69 Å². The number of carbonyl (C=O) groups excluding carboxylic acids is 2. The van der Waals surface area contributed by atoms with Crippen LogP contribution < -0.4 is 10.6 Å². The van der Waals surface area contributed by atoms with Crippen molar-refractivity contribution in [1.29, 1.82) is 0 Å². The van der Waals surface area contributed by atoms with Gasteiger partial charge in [-0.05, 0) is 31.5 Å². The number of aromatic carboxylic acids is 1. The van der Waals surface area contributed by atoms with Crippen LogP contribution in [0.1, 0.15) is 30.6 Å². The van der Waals surface area contributed by atoms with Gasteiger partial charge in [0.25, 0.3) is 0 Å². The molecular weight excluding hydrogens is 450 g/mol. The fraction of sp³-hybridized carbons (Fsp3) is 0.455. The molecule has 0 aliphatic carbocycles. The van der Waals surface area contributed by atoms with Crippen LogP contribution in [0.3, 0.4) is 0 Å². The molecule has 0 aromatic heterocycles. The van der Waals surface area contributed by atoms with Crippen molar-refractivity contribution in [3.05, 3.63) is 40.4 Å². The Morgan fingerprint density at radius 2 is 1.97 bits per heavy atom. The maximum absolute atomic E-state index is 12.7. The fourth-order valence-electron chi connectivity index (χ4n) is 4.81. The average Bonchev–Trinajstić information content (AvgIpc) is 3.30. The van der Waals surface area contributed by atoms with Crippen molar-refractivity contribution in [2.75, 3.05) is 11.9 Å². The lowest BCUT2D eigenvalue weighted by Crippen LogP contribution is -2.63. The highest BCUT2D eigenvalue weighted by Gasteiger charge is 2.60. The first-order chi connectivity index (χ1) is 15.6. The zero-order valence-corrected chi connectivity index (χ0v) is 18.8. The minimum atomic E-state index is -1.18. The molecule has 4 rings (SSSR count). The molecule has 3 aliphatic heterocycles. The second-order valence-electron chi connectivity index (χ2n) is 8.58. The van der Waals surface area contributed by atoms with Gasteiger partial charge in [0.2, 0.25) is 11.8 Å². The first-order valence-corrected chi connectivity index (χ1v) is 11.5. The summed E-state index contributed by atoms with van der Waals surface area (Å²) in [7, 11) is 0. The molecule has 3 aliphatic rings. The number of hydrogen-bond donors (Lipinski definition) is 5. The zero-order valence-electron chi connectivity index (χ0n) is 18.0. The van der Waals surface area contributed by atoms with Crippen molar-refractivity contribution in [3.63, 3.8) is 0 Å². The number of thioether (sulfide) groups is 1. The van der Waals surface area contributed by atoms with E-state index in [1.165, 1.54) is 35.7 Å². The van der Waals surface area contributed by atoms with Gasteiger partial charge in [0.05, 0.1) is 29.7 Å². The molecule has 1 aromatic carbocycles. The van der Waals surface area contributed by atoms with Crippen molar-refractivity contribution in [2.45, 2.75) is 43.7 Å². The smallest absolute Gasteiger partial charge is 0.353 e. The number of hydrogen-bond acceptors (Lipinski definition) is 7. The largest absolute Gasteiger partial charge is 0.478 e. The fourth-order valence-corrected chi connectivity index (χ4v) is 6.29. The van der Waals surface area contributed by atoms with Gasteiger partial charge in [0.15, 0.2) is 0 Å². The molecule has 3 heterocycles. The van der Waals surface area contributed by atoms with E-state index in [2.05, 4.69) is 10.6 Å². The Hall–Kier alpha value is -2.89. The highest BCUT2D eigenvalue weighted by molar-refractivity contribution is 8.03. The van der Waals surface area contributed by atoms with E-state index in [4.69, 9.17) is 5.11 Å². The number of rotatable bonds is 7. The summed E-state index contributed by atoms with van der Waals surface area (Å²) in [6.07, 6.45) is -0.419. The number of aliphatic hydroxyl groups is 1. The Morgan fingerprint density at radius 3 is 2.61 bits per heavy atom. The van der Waals surface area contributed by atoms with Crippen LogP contribution in [-0.4, -0.2) is 74.0 Å². The number of nitrogens with zero attached hydrogens (tertiary/aromatic N) is 1. The molecule has 0 radical (unpaired) electrons. The minimum Gasteiger partial charge on any atom is -0.478 e. The monoisotopic (exact) mass is 475 g/mol. The van der Waals surface area contributed by atoms with E-state index >= 15 is 0 Å². The molecular formula is C22H25N3O7S. The van der Waals surface area contributed by atoms with Gasteiger partial charge in [-0.25, -0.2) is 9.59 Å². The standard InChI is InChI=1S/C22H25N3O7S/c1-9-16-15(10(2)26)20(28)25(16)17(22(31)32)18(9)33-13-7-14(23-8-13)19(27)24-12-5-3-4-11(6-12)21(29)30/h3-6,9-10,13-16,23,26H,7-8H2,1-2H3,(H,24,27)(H,29,30)(H,31,32)/t9-,10-,13?,14+,15-,16-/m1/s1. The summed E-state index contributed by atoms with van der Waals surface area (Å²) in [5.74, 6) is -3.79. The Balaban J connectivity index is 1.43. The molecule has 1 unspecified atom stereocenters. The van der Waals surface area contributed by atoms with Gasteiger partial charge in [0, 0.05) is 28.3 Å². The predicted molar refractivity (Wildman–Crippen MR) is 119 cm³/mol. The number of aliphatic carboxylic acids is 1. The third-order valence-electron chi connectivity index (χ3n) is 6.39. The number of fused-ring (bicyclic) bond motifs is 1. The van der Waals surface area contributed by atoms with Crippen molar-refractivity contribution in [1.82, 2.24) is 10.2 Å². The van der Waals surface area contributed by atoms with Crippen LogP contribution in [0, 0.1) is 11.8 Å². The summed E-state index contributed by atoms with van der Waals surface area (Å²) in [6.45, 7) is 3.87. The van der Waals surface area contributed by atoms with E-state index in [0.717, 1.165) is 0 Å². The summed E-state index contributed by atoms with van der Waals surface area (Å²) < 4.78 is 0. The normalized spacial score (nSPS) is 29.5. The van der Waals surface area contributed by atoms with Crippen molar-refractivity contribution in [2.24, 2.45) is 11.8 Å². The number of carbonyl (C=O) groups is 4. The lowest BCUT2D eigenvalue weighted by molar-refractivity contribution is -0.163. The van der Waals surface area contributed by atoms with E-state index in [0.29, 0.717) is 23.6 Å². The maximum Gasteiger partial charge on any atom is 0.353 e. The first-order valence-electron chi connectivity index (χ1n) is 10.6. The van der Waals surface area contributed by atoms with Crippen LogP contribution in [0.25, 0.3) is 0 Å². The van der Waals surface area contributed by atoms with E-state index < -0.39 is 30.0 Å². The maximum atomic E-state index is 12.7. The van der Waals surface area contributed by atoms with Gasteiger partial charge in [-0.15, -0.1) is 11.8 Å². The number of nitrogens with one attached hydrogen (secondary N) is 2. The summed E-state index contributed by atoms with van der Waals surface area (Å²) in [4.78, 5) is 50.1. The molecule has 5 N–H and O–H groups in total. The van der Waals surface area contributed by atoms with E-state index in [9.17, 15) is 29.4 Å². The number of anilines is 1. The summed E-state index contributed by atoms with van der Waals surface area (Å²) in [5.41, 5.74) is 0.418. The van der Waals surface area contributed by atoms with Crippen molar-refractivity contribution >= 4 is 41.2 Å². The molecule has 0 saturated carbocycles. The number of carboxylic acid groups (broad SMARTS) is 2. The van der Waals surface area contributed by atoms with E-state index in [-0.39, 0.29) is 40.3 Å². The molecule has 2 saturated heterocycles. The topological polar surface area (TPSA) is 156 Å². The number of β-lactam (4-membered cyclic amide) rings is 1. The van der Waals surface area contributed by atoms with Gasteiger partial charge in [-0.3, -0.25) is 9.59 Å². The third kappa shape index (κ3) is 4.11. The molecule has 1 aromatic rings. The lowest BCUT2D eigenvalue weighted by atomic mass is 9.79. The summed E-state index contributed by atoms with van der Waals surface area (Å²) in [5, 5.41) is 34.6. The average molecular weight is 476 g/mol. The van der Waals surface area contributed by atoms with Crippen LogP contribution in [-0.2, 0) is 14.4 Å². The van der Waals surface area contributed by atoms with Crippen LogP contribution in [0.2, 0.25) is 0 Å². The molecule has 33 heavy (non-hydrogen) atoms. The van der Waals surface area contributed by atoms with Gasteiger partial charge in [0.1, 0.15) is 5.70 Å². The lowest BCUT2D eigenvalue weighted by Gasteiger charge is -2.46. The van der Waals surface area contributed by atoms with Gasteiger partial charge < -0.3 is 30.9 Å². The summed E-state index contributed by atoms with van der Waals surface area (Å²) >= 11 is 1.36. The highest BCUT2D eigenvalue weighted by Crippen LogP contribution is 2.51. The first kappa shape index (κ1) is 23.3. The Labute approximate surface area is 194 Å². The molecule has 10 nitrogen and oxygen atoms in total. The zero-order chi connectivity index (χ0) is 24.0. The molecule has 6 atom stereocenters. The van der Waals surface area contributed by atoms with Crippen molar-refractivity contribution < 1.29 is 34.5 Å². The van der Waals surface area contributed by atoms with Crippen LogP contribution in [0.5, 0.6) is 0 Å². The van der Waals surface area contributed by atoms with Gasteiger partial charge >= 0.3 is 11.9 Å². The van der Waals surface area contributed by atoms with Gasteiger partial charge in [-0.1, -0.05) is 13.0 Å². The Morgan fingerprint density at radius 1 is 1.24 bits per heavy atom. The molecule has 2 amide bonds. The molecule has 11 heteroatoms. The van der Waals surface area contributed by atoms with E-state index in [1.807, 2.05) is 6.92 Å². The molecule has 0 bridgehead atoms. The SMILES string of the molecule is C[C@@H](O)[C@H]1C(=O)N2C(C(=O)O)=C(SC3CN[C@H](C(=O)Nc4cccc(C(=O)O)c4)C3)[C@H](C)[C@H]12. The second-order valence-corrected chi connectivity index (χ2v) is 9.93. The number of aliphatic hydroxyl groups excluding tert-OH is 1. The molecule has 0 spiro atoms. The Bertz CT molecular complexity index is 1060. The second kappa shape index (κ2) is 8.81. The van der Waals surface area contributed by atoms with Crippen LogP contribution >= 0.6 is 11.8 Å². The predicted octanol–water partition coefficient (Wildman–Crippen LogP) is 0.941. The third-order valence-corrected chi connectivity index (χ3v) is 7.90. The van der Waals surface area contributed by atoms with Gasteiger partial charge in [-0.2, -0.15) is 0 Å². The Kier molecular flexibility index (Phi) is 6.21. The number of carboxylic acids is 2. The van der Waals surface area contributed by atoms with Crippen molar-refractivity contribution in [3.8, 4) is 0 Å².